The number of piperidine rings is 1. The molecule has 4 amide bonds. The Morgan fingerprint density at radius 1 is 0.701 bits per heavy atom. The molecule has 1 aliphatic carbocycles. The van der Waals surface area contributed by atoms with E-state index in [1.165, 1.54) is 18.3 Å². The number of benzene rings is 2. The number of hydrogen-bond acceptors (Lipinski definition) is 32. The molecule has 1 saturated carbocycles. The van der Waals surface area contributed by atoms with Gasteiger partial charge in [0, 0.05) is 180 Å². The van der Waals surface area contributed by atoms with Crippen LogP contribution in [0, 0.1) is 35.5 Å². The van der Waals surface area contributed by atoms with E-state index in [0.29, 0.717) is 218 Å². The number of allylic oxidation sites excluding steroid dienone is 5. The molecule has 137 heavy (non-hydrogen) atoms. The minimum absolute atomic E-state index is 0.0235. The number of oxime groups is 1. The number of oxazole rings is 1. The number of aliphatic hydroxyl groups is 4. The lowest BCUT2D eigenvalue weighted by atomic mass is 9.78. The molecule has 37 nitrogen and oxygen atoms in total. The van der Waals surface area contributed by atoms with Crippen LogP contribution in [0.4, 0.5) is 23.7 Å². The minimum Gasteiger partial charge on any atom is -0.460 e. The lowest BCUT2D eigenvalue weighted by Crippen LogP contribution is -2.61. The Morgan fingerprint density at radius 3 is 2.23 bits per heavy atom. The summed E-state index contributed by atoms with van der Waals surface area (Å²) >= 11 is 0. The number of hydrogen-bond donors (Lipinski definition) is 6. The van der Waals surface area contributed by atoms with Crippen LogP contribution < -0.4 is 21.3 Å². The van der Waals surface area contributed by atoms with Crippen molar-refractivity contribution in [3.63, 3.8) is 0 Å². The summed E-state index contributed by atoms with van der Waals surface area (Å²) < 4.78 is 43.9. The van der Waals surface area contributed by atoms with Crippen molar-refractivity contribution >= 4 is 87.0 Å². The van der Waals surface area contributed by atoms with Crippen LogP contribution in [0.1, 0.15) is 170 Å². The van der Waals surface area contributed by atoms with E-state index in [4.69, 9.17) is 64.2 Å². The summed E-state index contributed by atoms with van der Waals surface area (Å²) in [7, 11) is 4.63. The molecule has 12 heterocycles. The van der Waals surface area contributed by atoms with Gasteiger partial charge in [-0.1, -0.05) is 94.4 Å². The van der Waals surface area contributed by atoms with Crippen LogP contribution >= 0.6 is 0 Å². The Hall–Kier alpha value is -11.1. The number of amides is 4. The fraction of sp³-hybridized carbons (Fsp3) is 0.590. The van der Waals surface area contributed by atoms with Crippen molar-refractivity contribution in [2.24, 2.45) is 40.7 Å². The summed E-state index contributed by atoms with van der Waals surface area (Å²) in [5, 5.41) is 57.9. The summed E-state index contributed by atoms with van der Waals surface area (Å²) in [5.41, 5.74) is 22.4. The second kappa shape index (κ2) is 45.6. The van der Waals surface area contributed by atoms with Crippen LogP contribution in [0.2, 0.25) is 0 Å². The fourth-order valence-corrected chi connectivity index (χ4v) is 20.5. The van der Waals surface area contributed by atoms with Crippen LogP contribution in [0.15, 0.2) is 118 Å². The fourth-order valence-electron chi connectivity index (χ4n) is 20.5. The summed E-state index contributed by atoms with van der Waals surface area (Å²) in [5.74, 6) is -6.40. The van der Waals surface area contributed by atoms with Gasteiger partial charge >= 0.3 is 5.97 Å². The Bertz CT molecular complexity index is 5560. The molecule has 2 bridgehead atoms. The molecule has 8 N–H and O–H groups in total. The molecule has 0 spiro atoms. The highest BCUT2D eigenvalue weighted by atomic mass is 16.6. The molecular formula is C100H135N19O18. The molecular weight excluding hydrogens is 1760 g/mol. The van der Waals surface area contributed by atoms with Crippen molar-refractivity contribution in [2.75, 3.05) is 141 Å². The number of carbonyl (C=O) groups excluding carboxylic acids is 6. The van der Waals surface area contributed by atoms with Gasteiger partial charge in [0.05, 0.1) is 79.1 Å². The van der Waals surface area contributed by atoms with Crippen molar-refractivity contribution in [1.29, 1.82) is 0 Å². The maximum atomic E-state index is 14.8. The van der Waals surface area contributed by atoms with E-state index in [1.54, 1.807) is 70.6 Å². The van der Waals surface area contributed by atoms with E-state index in [1.807, 2.05) is 77.8 Å². The molecule has 7 aliphatic heterocycles. The van der Waals surface area contributed by atoms with Gasteiger partial charge in [0.25, 0.3) is 29.5 Å². The first-order valence-electron chi connectivity index (χ1n) is 48.6. The maximum absolute atomic E-state index is 14.8. The zero-order valence-corrected chi connectivity index (χ0v) is 80.5. The number of methoxy groups -OCH3 is 3. The van der Waals surface area contributed by atoms with Crippen molar-refractivity contribution in [1.82, 2.24) is 69.2 Å². The predicted molar refractivity (Wildman–Crippen MR) is 512 cm³/mol. The van der Waals surface area contributed by atoms with Gasteiger partial charge in [0.1, 0.15) is 47.7 Å². The Labute approximate surface area is 799 Å². The van der Waals surface area contributed by atoms with Crippen LogP contribution in [-0.4, -0.2) is 311 Å². The second-order valence-corrected chi connectivity index (χ2v) is 38.5. The van der Waals surface area contributed by atoms with Gasteiger partial charge in [0.2, 0.25) is 23.6 Å². The lowest BCUT2D eigenvalue weighted by Gasteiger charge is -2.43. The SMILES string of the molecule is CO[C@H]1C[C@@H]2CC[C@@H](C)[C@@](O)(O2)C(=O)C(=O)N2CCCC[C@H]2C(=O)O[C@H]([C@H](C)C[C@@H]2CC[C@@H](O)[C@H](OC)C2)C[C@@H](O)[C@H](C)/C=C(\C)[C@@H](O)[C@@H](OC)C(=NOCC(=O)N2CCc3nc(N4CCN(C(=O)CCOCCN5CCN(c6ncc(C(=O)N7CCc8cc(Cn9nc(-c%10ccc%11oc(N)nc%11c%10)c%10c(N)ncnc%109)ccc8C7)cn6)CC5)CC4)ncc3C2)[C@H](C)C[C@H](C)/C=C/C=C/C=C/1C. The average Bonchev–Trinajstić information content (AvgIpc) is 1.66. The molecule has 738 valence electrons. The molecule has 5 aromatic heterocycles. The number of esters is 1. The van der Waals surface area contributed by atoms with Crippen LogP contribution in [0.3, 0.4) is 0 Å². The number of ether oxygens (including phenoxy) is 6. The number of nitrogens with two attached hydrogens (primary N) is 2. The molecule has 0 unspecified atom stereocenters. The highest BCUT2D eigenvalue weighted by Crippen LogP contribution is 2.41. The standard InChI is InChI=1S/C100H135N19O18/c1-60-16-12-11-13-17-61(2)81(130-8)50-74-24-19-66(7)100(129,137-74)91(125)95(127)118-30-15-14-18-77(118)96(128)135-82(63(4)46-67-21-25-78(120)83(48-67)131-9)51-79(121)62(3)45-65(6)89(124)90(132-10)87(64(5)44-60)111-134-58-85(123)116-32-28-75-73(57-116)54-105-99(109-75)115-39-37-113(38-40-115)84(122)29-42-133-43-41-112-33-35-114(36-34-112)98-103-52-72(53-104-98)94(126)117-31-27-69-47-68(20-22-71(69)56-117)55-119-93-86(92(101)106-59-107-93)88(110-119)70-23-26-80-76(49-70)108-97(102)136-80/h11-13,16-17,20,22-23,26,45,47,49,52-54,59-60,62-64,66-67,74,77-79,81-83,89-90,120-121,124,129H,14-15,18-19,21,24-25,27-44,46,48,50-51,55-58H2,1-10H3,(H2,102,108)(H2,101,106,107)/b13-11+,16-12+,61-17+,65-45+,111-87?/t60-,62-,63-,64-,66-,67+,74+,77+,78-,79-,81+,82+,83-,89-,90+,100-/m1/s1. The molecule has 2 aromatic carbocycles. The van der Waals surface area contributed by atoms with E-state index in [-0.39, 0.29) is 92.3 Å². The average molecular weight is 1890 g/mol. The van der Waals surface area contributed by atoms with Gasteiger partial charge in [-0.3, -0.25) is 28.9 Å². The van der Waals surface area contributed by atoms with Crippen molar-refractivity contribution < 1.29 is 86.9 Å². The Balaban J connectivity index is 0.509. The molecule has 5 fully saturated rings. The molecule has 4 saturated heterocycles. The summed E-state index contributed by atoms with van der Waals surface area (Å²) in [6.07, 6.45) is 18.1. The van der Waals surface area contributed by atoms with Crippen molar-refractivity contribution in [2.45, 2.75) is 225 Å². The zero-order valence-electron chi connectivity index (χ0n) is 80.5. The van der Waals surface area contributed by atoms with E-state index in [0.717, 1.165) is 52.2 Å². The van der Waals surface area contributed by atoms with Gasteiger partial charge in [-0.2, -0.15) is 10.1 Å². The number of Topliss-reactive ketones (excluding diaryl/α,β-unsaturated/α-hetero) is 1. The van der Waals surface area contributed by atoms with E-state index >= 15 is 0 Å². The van der Waals surface area contributed by atoms with Gasteiger partial charge in [0.15, 0.2) is 17.8 Å². The smallest absolute Gasteiger partial charge is 0.329 e. The minimum atomic E-state index is -2.47. The summed E-state index contributed by atoms with van der Waals surface area (Å²) in [4.78, 5) is 137. The Kier molecular flexibility index (Phi) is 33.4. The Morgan fingerprint density at radius 2 is 1.46 bits per heavy atom. The third kappa shape index (κ3) is 24.1. The zero-order chi connectivity index (χ0) is 96.9. The number of fused-ring (bicyclic) bond motifs is 7. The van der Waals surface area contributed by atoms with E-state index in [2.05, 4.69) is 69.9 Å². The summed E-state index contributed by atoms with van der Waals surface area (Å²) in [6, 6.07) is 10.7. The molecule has 15 rings (SSSR count). The van der Waals surface area contributed by atoms with Crippen LogP contribution in [-0.2, 0) is 89.7 Å². The lowest BCUT2D eigenvalue weighted by molar-refractivity contribution is -0.265. The number of aromatic nitrogens is 9. The number of aliphatic hydroxyl groups excluding tert-OH is 3. The topological polar surface area (TPSA) is 456 Å². The number of nitrogen functional groups attached to an aromatic ring is 2. The first-order chi connectivity index (χ1) is 66.0. The number of ketones is 1. The van der Waals surface area contributed by atoms with Gasteiger partial charge in [-0.05, 0) is 148 Å². The third-order valence-electron chi connectivity index (χ3n) is 28.9. The highest BCUT2D eigenvalue weighted by molar-refractivity contribution is 6.39. The quantitative estimate of drug-likeness (QED) is 0.0130. The largest absolute Gasteiger partial charge is 0.460 e. The number of cyclic esters (lactones) is 1. The maximum Gasteiger partial charge on any atom is 0.329 e. The number of piperazine rings is 2. The monoisotopic (exact) mass is 1890 g/mol. The first-order valence-corrected chi connectivity index (χ1v) is 48.6. The number of nitrogens with zero attached hydrogens (tertiary/aromatic N) is 17. The van der Waals surface area contributed by atoms with Crippen LogP contribution in [0.5, 0.6) is 0 Å². The molecule has 7 aromatic rings. The van der Waals surface area contributed by atoms with Crippen molar-refractivity contribution in [3.05, 3.63) is 142 Å². The second-order valence-electron chi connectivity index (χ2n) is 38.5. The first kappa shape index (κ1) is 100. The molecule has 8 aliphatic rings. The van der Waals surface area contributed by atoms with E-state index in [9.17, 15) is 49.2 Å². The van der Waals surface area contributed by atoms with Gasteiger partial charge < -0.3 is 99.0 Å². The van der Waals surface area contributed by atoms with Gasteiger partial charge in [-0.15, -0.1) is 0 Å². The predicted octanol–water partition coefficient (Wildman–Crippen LogP) is 8.18. The summed E-state index contributed by atoms with van der Waals surface area (Å²) in [6.45, 7) is 21.4. The molecule has 16 atom stereocenters. The van der Waals surface area contributed by atoms with Gasteiger partial charge in [-0.25, -0.2) is 39.4 Å². The number of carbonyl (C=O) groups is 6. The molecule has 37 heteroatoms. The number of rotatable bonds is 21. The van der Waals surface area contributed by atoms with Crippen LogP contribution in [0.25, 0.3) is 33.4 Å². The third-order valence-corrected chi connectivity index (χ3v) is 28.9. The number of anilines is 4. The van der Waals surface area contributed by atoms with Crippen molar-refractivity contribution in [3.8, 4) is 11.3 Å². The molecule has 0 radical (unpaired) electrons. The highest BCUT2D eigenvalue weighted by Gasteiger charge is 2.54. The van der Waals surface area contributed by atoms with E-state index < -0.39 is 90.7 Å². The normalized spacial score (nSPS) is 28.7.